The van der Waals surface area contributed by atoms with E-state index < -0.39 is 0 Å². The van der Waals surface area contributed by atoms with Gasteiger partial charge in [0.05, 0.1) is 23.9 Å². The second-order valence-electron chi connectivity index (χ2n) is 9.56. The number of halogens is 2. The van der Waals surface area contributed by atoms with E-state index in [4.69, 9.17) is 37.2 Å². The van der Waals surface area contributed by atoms with E-state index in [9.17, 15) is 4.79 Å². The van der Waals surface area contributed by atoms with Crippen molar-refractivity contribution in [3.8, 4) is 16.9 Å². The molecule has 0 fully saturated rings. The molecule has 1 heterocycles. The van der Waals surface area contributed by atoms with E-state index in [2.05, 4.69) is 30.3 Å². The zero-order valence-electron chi connectivity index (χ0n) is 22.4. The van der Waals surface area contributed by atoms with Gasteiger partial charge >= 0.3 is 5.97 Å². The smallest absolute Gasteiger partial charge is 0.337 e. The second kappa shape index (κ2) is 12.6. The molecule has 0 saturated heterocycles. The number of hydrogen-bond donors (Lipinski definition) is 0. The fraction of sp³-hybridized carbons (Fsp3) is 0.212. The fourth-order valence-electron chi connectivity index (χ4n) is 4.75. The molecule has 40 heavy (non-hydrogen) atoms. The van der Waals surface area contributed by atoms with Crippen LogP contribution in [-0.4, -0.2) is 18.2 Å². The Labute approximate surface area is 243 Å². The molecule has 0 bridgehead atoms. The molecule has 7 heteroatoms. The lowest BCUT2D eigenvalue weighted by atomic mass is 10.00. The third-order valence-electron chi connectivity index (χ3n) is 6.93. The fourth-order valence-corrected chi connectivity index (χ4v) is 5.34. The number of nitrogens with zero attached hydrogens (tertiary/aromatic N) is 1. The summed E-state index contributed by atoms with van der Waals surface area (Å²) in [4.78, 5) is 11.9. The van der Waals surface area contributed by atoms with Gasteiger partial charge < -0.3 is 14.0 Å². The van der Waals surface area contributed by atoms with E-state index >= 15 is 0 Å². The van der Waals surface area contributed by atoms with E-state index in [-0.39, 0.29) is 5.97 Å². The van der Waals surface area contributed by atoms with Crippen molar-refractivity contribution in [2.75, 3.05) is 7.11 Å². The number of aromatic nitrogens is 1. The molecule has 0 saturated carbocycles. The molecule has 0 unspecified atom stereocenters. The normalized spacial score (nSPS) is 11.1. The number of benzene rings is 4. The maximum absolute atomic E-state index is 11.9. The average molecular weight is 575 g/mol. The number of ether oxygens (including phenoxy) is 2. The van der Waals surface area contributed by atoms with Gasteiger partial charge in [-0.3, -0.25) is 0 Å². The minimum Gasteiger partial charge on any atom is -0.489 e. The van der Waals surface area contributed by atoms with Crippen LogP contribution < -0.4 is 4.74 Å². The summed E-state index contributed by atoms with van der Waals surface area (Å²) < 4.78 is 16.7. The average Bonchev–Trinajstić information content (AvgIpc) is 3.36. The van der Waals surface area contributed by atoms with Crippen LogP contribution in [0.15, 0.2) is 83.4 Å². The van der Waals surface area contributed by atoms with Gasteiger partial charge in [0.1, 0.15) is 18.1 Å². The molecule has 0 radical (unpaired) electrons. The number of rotatable bonds is 10. The number of carbonyl (C=O) groups is 1. The van der Waals surface area contributed by atoms with Gasteiger partial charge in [-0.25, -0.2) is 4.79 Å². The summed E-state index contributed by atoms with van der Waals surface area (Å²) in [6.07, 6.45) is 3.04. The molecular formula is C33H29Cl2NO4. The van der Waals surface area contributed by atoms with Crippen molar-refractivity contribution in [1.29, 1.82) is 0 Å². The summed E-state index contributed by atoms with van der Waals surface area (Å²) in [5.41, 5.74) is 5.37. The molecule has 5 aromatic rings. The summed E-state index contributed by atoms with van der Waals surface area (Å²) in [7, 11) is 1.39. The highest BCUT2D eigenvalue weighted by atomic mass is 35.5. The highest BCUT2D eigenvalue weighted by Crippen LogP contribution is 2.29. The van der Waals surface area contributed by atoms with Crippen molar-refractivity contribution in [2.24, 2.45) is 0 Å². The lowest BCUT2D eigenvalue weighted by molar-refractivity contribution is 0.0601. The first-order valence-electron chi connectivity index (χ1n) is 13.2. The van der Waals surface area contributed by atoms with Crippen molar-refractivity contribution < 1.29 is 18.8 Å². The maximum atomic E-state index is 11.9. The Balaban J connectivity index is 1.30. The van der Waals surface area contributed by atoms with Crippen molar-refractivity contribution in [3.05, 3.63) is 117 Å². The molecule has 0 aliphatic heterocycles. The van der Waals surface area contributed by atoms with Gasteiger partial charge in [-0.05, 0) is 89.2 Å². The molecule has 0 aliphatic rings. The van der Waals surface area contributed by atoms with E-state index in [0.29, 0.717) is 35.1 Å². The van der Waals surface area contributed by atoms with Gasteiger partial charge in [0.2, 0.25) is 0 Å². The highest BCUT2D eigenvalue weighted by Gasteiger charge is 2.18. The number of hydrogen-bond acceptors (Lipinski definition) is 5. The Morgan fingerprint density at radius 3 is 2.27 bits per heavy atom. The highest BCUT2D eigenvalue weighted by molar-refractivity contribution is 6.36. The van der Waals surface area contributed by atoms with Crippen LogP contribution >= 0.6 is 23.2 Å². The standard InChI is InChI=1S/C33H29Cl2NO4/c1-3-5-32-28(31(36-40-32)17-16-27-29(34)6-4-7-30(27)35)20-39-26-14-12-21(13-15-26)23-10-8-22-9-11-24(33(37)38-2)19-25(22)18-23/h4,6-15,18-19H,3,5,16-17,20H2,1-2H3. The summed E-state index contributed by atoms with van der Waals surface area (Å²) in [6, 6.07) is 25.3. The van der Waals surface area contributed by atoms with Gasteiger partial charge in [-0.1, -0.05) is 71.7 Å². The van der Waals surface area contributed by atoms with Crippen LogP contribution in [0.4, 0.5) is 0 Å². The molecule has 0 N–H and O–H groups in total. The van der Waals surface area contributed by atoms with Gasteiger partial charge in [0, 0.05) is 16.5 Å². The third kappa shape index (κ3) is 6.16. The number of carbonyl (C=O) groups excluding carboxylic acids is 1. The van der Waals surface area contributed by atoms with E-state index in [0.717, 1.165) is 63.1 Å². The van der Waals surface area contributed by atoms with Crippen LogP contribution in [0.25, 0.3) is 21.9 Å². The molecule has 0 aliphatic carbocycles. The minimum atomic E-state index is -0.348. The topological polar surface area (TPSA) is 61.6 Å². The molecule has 0 atom stereocenters. The Morgan fingerprint density at radius 1 is 0.825 bits per heavy atom. The summed E-state index contributed by atoms with van der Waals surface area (Å²) in [5, 5.41) is 7.68. The van der Waals surface area contributed by atoms with Crippen molar-refractivity contribution in [3.63, 3.8) is 0 Å². The monoisotopic (exact) mass is 573 g/mol. The predicted octanol–water partition coefficient (Wildman–Crippen LogP) is 8.90. The number of aryl methyl sites for hydroxylation is 2. The van der Waals surface area contributed by atoms with Crippen LogP contribution in [0.5, 0.6) is 5.75 Å². The molecule has 0 amide bonds. The Bertz CT molecular complexity index is 1620. The van der Waals surface area contributed by atoms with E-state index in [1.54, 1.807) is 6.07 Å². The first-order valence-corrected chi connectivity index (χ1v) is 14.0. The third-order valence-corrected chi connectivity index (χ3v) is 7.64. The second-order valence-corrected chi connectivity index (χ2v) is 10.4. The number of methoxy groups -OCH3 is 1. The van der Waals surface area contributed by atoms with Crippen LogP contribution in [0, 0.1) is 0 Å². The summed E-state index contributed by atoms with van der Waals surface area (Å²) in [6.45, 7) is 2.47. The molecular weight excluding hydrogens is 545 g/mol. The molecule has 4 aromatic carbocycles. The van der Waals surface area contributed by atoms with Crippen molar-refractivity contribution in [1.82, 2.24) is 5.16 Å². The zero-order valence-corrected chi connectivity index (χ0v) is 23.9. The van der Waals surface area contributed by atoms with Gasteiger partial charge in [-0.15, -0.1) is 0 Å². The number of esters is 1. The first kappa shape index (κ1) is 27.8. The molecule has 5 rings (SSSR count). The maximum Gasteiger partial charge on any atom is 0.337 e. The predicted molar refractivity (Wildman–Crippen MR) is 159 cm³/mol. The van der Waals surface area contributed by atoms with Crippen molar-refractivity contribution in [2.45, 2.75) is 39.2 Å². The summed E-state index contributed by atoms with van der Waals surface area (Å²) in [5.74, 6) is 1.25. The largest absolute Gasteiger partial charge is 0.489 e. The van der Waals surface area contributed by atoms with Crippen molar-refractivity contribution >= 4 is 39.9 Å². The Hall–Kier alpha value is -3.80. The molecule has 1 aromatic heterocycles. The Morgan fingerprint density at radius 2 is 1.55 bits per heavy atom. The minimum absolute atomic E-state index is 0.348. The Kier molecular flexibility index (Phi) is 8.73. The summed E-state index contributed by atoms with van der Waals surface area (Å²) >= 11 is 12.7. The first-order chi connectivity index (χ1) is 19.5. The van der Waals surface area contributed by atoms with Crippen LogP contribution in [0.3, 0.4) is 0 Å². The lowest BCUT2D eigenvalue weighted by Gasteiger charge is -2.10. The van der Waals surface area contributed by atoms with Gasteiger partial charge in [-0.2, -0.15) is 0 Å². The molecule has 0 spiro atoms. The quantitative estimate of drug-likeness (QED) is 0.156. The van der Waals surface area contributed by atoms with Crippen LogP contribution in [-0.2, 0) is 30.6 Å². The lowest BCUT2D eigenvalue weighted by Crippen LogP contribution is -2.03. The zero-order chi connectivity index (χ0) is 28.1. The van der Waals surface area contributed by atoms with Gasteiger partial charge in [0.25, 0.3) is 0 Å². The number of fused-ring (bicyclic) bond motifs is 1. The van der Waals surface area contributed by atoms with E-state index in [1.807, 2.05) is 54.6 Å². The van der Waals surface area contributed by atoms with Crippen LogP contribution in [0.1, 0.15) is 46.3 Å². The molecule has 204 valence electrons. The SMILES string of the molecule is CCCc1onc(CCc2c(Cl)cccc2Cl)c1COc1ccc(-c2ccc3ccc(C(=O)OC)cc3c2)cc1. The molecule has 5 nitrogen and oxygen atoms in total. The van der Waals surface area contributed by atoms with Crippen LogP contribution in [0.2, 0.25) is 10.0 Å². The van der Waals surface area contributed by atoms with Gasteiger partial charge in [0.15, 0.2) is 0 Å². The van der Waals surface area contributed by atoms with E-state index in [1.165, 1.54) is 7.11 Å².